The Morgan fingerprint density at radius 1 is 0.762 bits per heavy atom. The van der Waals surface area contributed by atoms with Crippen LogP contribution in [0.25, 0.3) is 0 Å². The number of rotatable bonds is 18. The van der Waals surface area contributed by atoms with E-state index < -0.39 is 0 Å². The number of hydrogen-bond acceptors (Lipinski definition) is 6. The molecule has 2 N–H and O–H groups in total. The smallest absolute Gasteiger partial charge is 0.220 e. The average molecular weight is 580 g/mol. The Balaban J connectivity index is 1.41. The third-order valence-electron chi connectivity index (χ3n) is 8.97. The number of piperazine rings is 1. The molecule has 1 aromatic carbocycles. The van der Waals surface area contributed by atoms with Gasteiger partial charge in [0, 0.05) is 68.0 Å². The summed E-state index contributed by atoms with van der Waals surface area (Å²) >= 11 is 0. The standard InChI is InChI=1S/C35H53N3O4/c1-27-28(2)35(42)31(29(3)34(27)41)18-15-19-33(40)36-32(30-16-11-10-12-17-30)26-38-23-21-37(22-24-38)20-13-8-6-4-5-7-9-14-25-39/h10-12,16-17,32,39H,4-9,13-15,18-26H2,1-3H3,(H,36,40). The van der Waals surface area contributed by atoms with E-state index in [1.807, 2.05) is 18.2 Å². The molecule has 0 spiro atoms. The minimum absolute atomic E-state index is 0.0211. The predicted molar refractivity (Wildman–Crippen MR) is 169 cm³/mol. The summed E-state index contributed by atoms with van der Waals surface area (Å²) in [7, 11) is 0. The molecule has 1 saturated heterocycles. The lowest BCUT2D eigenvalue weighted by Gasteiger charge is -2.36. The highest BCUT2D eigenvalue weighted by molar-refractivity contribution is 6.24. The summed E-state index contributed by atoms with van der Waals surface area (Å²) in [6.07, 6.45) is 11.1. The number of ketones is 2. The molecule has 1 heterocycles. The molecule has 3 rings (SSSR count). The van der Waals surface area contributed by atoms with E-state index in [1.54, 1.807) is 20.8 Å². The summed E-state index contributed by atoms with van der Waals surface area (Å²) in [5.74, 6) is -0.138. The number of Topliss-reactive ketones (excluding diaryl/α,β-unsaturated/α-hetero) is 2. The topological polar surface area (TPSA) is 90.0 Å². The number of carbonyl (C=O) groups is 3. The van der Waals surface area contributed by atoms with E-state index in [0.717, 1.165) is 57.7 Å². The molecule has 0 aromatic heterocycles. The minimum Gasteiger partial charge on any atom is -0.396 e. The second kappa shape index (κ2) is 18.1. The van der Waals surface area contributed by atoms with Gasteiger partial charge in [0.05, 0.1) is 6.04 Å². The van der Waals surface area contributed by atoms with Crippen molar-refractivity contribution >= 4 is 17.5 Å². The first-order valence-corrected chi connectivity index (χ1v) is 16.2. The third kappa shape index (κ3) is 10.6. The van der Waals surface area contributed by atoms with Crippen molar-refractivity contribution in [3.05, 3.63) is 58.2 Å². The number of carbonyl (C=O) groups excluding carboxylic acids is 3. The maximum Gasteiger partial charge on any atom is 0.220 e. The van der Waals surface area contributed by atoms with E-state index in [0.29, 0.717) is 48.2 Å². The molecule has 1 aliphatic carbocycles. The molecule has 1 atom stereocenters. The molecule has 2 aliphatic rings. The number of allylic oxidation sites excluding steroid dienone is 4. The van der Waals surface area contributed by atoms with Crippen molar-refractivity contribution in [2.24, 2.45) is 0 Å². The maximum atomic E-state index is 13.0. The van der Waals surface area contributed by atoms with Crippen molar-refractivity contribution in [1.29, 1.82) is 0 Å². The van der Waals surface area contributed by atoms with Gasteiger partial charge in [-0.05, 0) is 58.6 Å². The summed E-state index contributed by atoms with van der Waals surface area (Å²) in [6, 6.07) is 10.1. The molecular formula is C35H53N3O4. The zero-order valence-corrected chi connectivity index (χ0v) is 26.3. The van der Waals surface area contributed by atoms with E-state index in [1.165, 1.54) is 38.5 Å². The van der Waals surface area contributed by atoms with Crippen molar-refractivity contribution in [1.82, 2.24) is 15.1 Å². The van der Waals surface area contributed by atoms with E-state index >= 15 is 0 Å². The largest absolute Gasteiger partial charge is 0.396 e. The first-order chi connectivity index (χ1) is 20.3. The normalized spacial score (nSPS) is 17.7. The Morgan fingerprint density at radius 2 is 1.33 bits per heavy atom. The number of amides is 1. The zero-order valence-electron chi connectivity index (χ0n) is 26.3. The number of unbranched alkanes of at least 4 members (excludes halogenated alkanes) is 7. The van der Waals surface area contributed by atoms with Crippen LogP contribution < -0.4 is 5.32 Å². The van der Waals surface area contributed by atoms with Crippen molar-refractivity contribution in [2.75, 3.05) is 45.9 Å². The van der Waals surface area contributed by atoms with Gasteiger partial charge in [0.25, 0.3) is 0 Å². The van der Waals surface area contributed by atoms with Crippen LogP contribution in [0.3, 0.4) is 0 Å². The number of hydrogen-bond donors (Lipinski definition) is 2. The van der Waals surface area contributed by atoms with Crippen LogP contribution in [0.5, 0.6) is 0 Å². The third-order valence-corrected chi connectivity index (χ3v) is 8.97. The van der Waals surface area contributed by atoms with Gasteiger partial charge in [0.15, 0.2) is 11.6 Å². The summed E-state index contributed by atoms with van der Waals surface area (Å²) in [5.41, 5.74) is 3.24. The van der Waals surface area contributed by atoms with Crippen LogP contribution >= 0.6 is 0 Å². The molecule has 0 bridgehead atoms. The number of benzene rings is 1. The molecule has 1 fully saturated rings. The van der Waals surface area contributed by atoms with Crippen molar-refractivity contribution in [3.8, 4) is 0 Å². The van der Waals surface area contributed by atoms with Crippen molar-refractivity contribution in [3.63, 3.8) is 0 Å². The molecule has 232 valence electrons. The maximum absolute atomic E-state index is 13.0. The van der Waals surface area contributed by atoms with Crippen LogP contribution in [0, 0.1) is 0 Å². The lowest BCUT2D eigenvalue weighted by molar-refractivity contribution is -0.122. The molecule has 1 unspecified atom stereocenters. The molecule has 42 heavy (non-hydrogen) atoms. The van der Waals surface area contributed by atoms with Crippen LogP contribution in [-0.2, 0) is 14.4 Å². The summed E-state index contributed by atoms with van der Waals surface area (Å²) in [6.45, 7) is 11.5. The Hall–Kier alpha value is -2.61. The van der Waals surface area contributed by atoms with Crippen LogP contribution in [0.15, 0.2) is 52.6 Å². The van der Waals surface area contributed by atoms with Gasteiger partial charge in [-0.1, -0.05) is 68.9 Å². The first kappa shape index (κ1) is 33.9. The van der Waals surface area contributed by atoms with Gasteiger partial charge in [-0.2, -0.15) is 0 Å². The lowest BCUT2D eigenvalue weighted by atomic mass is 9.84. The highest BCUT2D eigenvalue weighted by Gasteiger charge is 2.28. The van der Waals surface area contributed by atoms with Crippen LogP contribution in [-0.4, -0.2) is 78.3 Å². The highest BCUT2D eigenvalue weighted by atomic mass is 16.3. The Bertz CT molecular complexity index is 1090. The van der Waals surface area contributed by atoms with Crippen molar-refractivity contribution < 1.29 is 19.5 Å². The van der Waals surface area contributed by atoms with Crippen LogP contribution in [0.1, 0.15) is 103 Å². The molecule has 1 aromatic rings. The van der Waals surface area contributed by atoms with E-state index in [9.17, 15) is 14.4 Å². The van der Waals surface area contributed by atoms with E-state index in [-0.39, 0.29) is 23.5 Å². The van der Waals surface area contributed by atoms with E-state index in [4.69, 9.17) is 5.11 Å². The number of aliphatic hydroxyl groups excluding tert-OH is 1. The Kier molecular flexibility index (Phi) is 14.6. The zero-order chi connectivity index (χ0) is 30.3. The fourth-order valence-corrected chi connectivity index (χ4v) is 6.03. The number of aliphatic hydroxyl groups is 1. The predicted octanol–water partition coefficient (Wildman–Crippen LogP) is 5.55. The van der Waals surface area contributed by atoms with Crippen molar-refractivity contribution in [2.45, 2.75) is 97.4 Å². The van der Waals surface area contributed by atoms with E-state index in [2.05, 4.69) is 27.2 Å². The molecule has 0 radical (unpaired) electrons. The number of nitrogens with one attached hydrogen (secondary N) is 1. The average Bonchev–Trinajstić information content (AvgIpc) is 3.01. The molecule has 1 amide bonds. The summed E-state index contributed by atoms with van der Waals surface area (Å²) in [5, 5.41) is 12.1. The number of nitrogens with zero attached hydrogens (tertiary/aromatic N) is 2. The SMILES string of the molecule is CC1=C(C)C(=O)C(CCCC(=O)NC(CN2CCN(CCCCCCCCCCO)CC2)c2ccccc2)=C(C)C1=O. The van der Waals surface area contributed by atoms with Crippen LogP contribution in [0.4, 0.5) is 0 Å². The summed E-state index contributed by atoms with van der Waals surface area (Å²) in [4.78, 5) is 43.3. The second-order valence-corrected chi connectivity index (χ2v) is 12.1. The summed E-state index contributed by atoms with van der Waals surface area (Å²) < 4.78 is 0. The first-order valence-electron chi connectivity index (χ1n) is 16.2. The Morgan fingerprint density at radius 3 is 1.98 bits per heavy atom. The van der Waals surface area contributed by atoms with Gasteiger partial charge >= 0.3 is 0 Å². The van der Waals surface area contributed by atoms with Gasteiger partial charge in [-0.15, -0.1) is 0 Å². The molecule has 1 aliphatic heterocycles. The molecule has 7 heteroatoms. The minimum atomic E-state index is -0.0886. The molecule has 0 saturated carbocycles. The fraction of sp³-hybridized carbons (Fsp3) is 0.629. The highest BCUT2D eigenvalue weighted by Crippen LogP contribution is 2.27. The molecule has 7 nitrogen and oxygen atoms in total. The van der Waals surface area contributed by atoms with Crippen LogP contribution in [0.2, 0.25) is 0 Å². The second-order valence-electron chi connectivity index (χ2n) is 12.1. The monoisotopic (exact) mass is 579 g/mol. The Labute approximate surface area is 253 Å². The quantitative estimate of drug-likeness (QED) is 0.175. The lowest BCUT2D eigenvalue weighted by Crippen LogP contribution is -2.49. The van der Waals surface area contributed by atoms with Gasteiger partial charge in [-0.25, -0.2) is 0 Å². The van der Waals surface area contributed by atoms with Gasteiger partial charge in [0.2, 0.25) is 5.91 Å². The van der Waals surface area contributed by atoms with Gasteiger partial charge in [0.1, 0.15) is 0 Å². The van der Waals surface area contributed by atoms with Gasteiger partial charge in [-0.3, -0.25) is 19.3 Å². The van der Waals surface area contributed by atoms with Gasteiger partial charge < -0.3 is 15.3 Å². The fourth-order valence-electron chi connectivity index (χ4n) is 6.03. The molecular weight excluding hydrogens is 526 g/mol.